The maximum Gasteiger partial charge on any atom is 0.138 e. The summed E-state index contributed by atoms with van der Waals surface area (Å²) in [4.78, 5) is 0. The fourth-order valence-corrected chi connectivity index (χ4v) is 1.54. The van der Waals surface area contributed by atoms with E-state index in [4.69, 9.17) is 16.3 Å². The van der Waals surface area contributed by atoms with Gasteiger partial charge in [0.1, 0.15) is 11.9 Å². The number of hydrogen-bond donors (Lipinski definition) is 1. The van der Waals surface area contributed by atoms with Crippen molar-refractivity contribution in [1.29, 1.82) is 0 Å². The standard InChI is InChI=1S/C13H20ClNO/c1-4-11(9-15-10(2)3)16-13-8-6-5-7-12(13)14/h5-8,10-11,15H,4,9H2,1-3H3. The molecule has 1 rings (SSSR count). The lowest BCUT2D eigenvalue weighted by Crippen LogP contribution is -2.34. The molecule has 1 atom stereocenters. The topological polar surface area (TPSA) is 21.3 Å². The quantitative estimate of drug-likeness (QED) is 0.823. The number of benzene rings is 1. The third-order valence-corrected chi connectivity index (χ3v) is 2.65. The zero-order valence-electron chi connectivity index (χ0n) is 10.2. The fourth-order valence-electron chi connectivity index (χ4n) is 1.36. The van der Waals surface area contributed by atoms with Crippen molar-refractivity contribution in [3.05, 3.63) is 29.3 Å². The molecule has 16 heavy (non-hydrogen) atoms. The Bertz CT molecular complexity index is 315. The van der Waals surface area contributed by atoms with Crippen LogP contribution >= 0.6 is 11.6 Å². The molecule has 1 aromatic rings. The van der Waals surface area contributed by atoms with Crippen LogP contribution in [0.3, 0.4) is 0 Å². The summed E-state index contributed by atoms with van der Waals surface area (Å²) in [5.74, 6) is 0.765. The highest BCUT2D eigenvalue weighted by Crippen LogP contribution is 2.24. The molecule has 0 aliphatic heterocycles. The zero-order chi connectivity index (χ0) is 12.0. The average molecular weight is 242 g/mol. The van der Waals surface area contributed by atoms with E-state index in [9.17, 15) is 0 Å². The minimum absolute atomic E-state index is 0.169. The SMILES string of the molecule is CCC(CNC(C)C)Oc1ccccc1Cl. The highest BCUT2D eigenvalue weighted by atomic mass is 35.5. The molecule has 0 aliphatic rings. The van der Waals surface area contributed by atoms with E-state index in [1.165, 1.54) is 0 Å². The Morgan fingerprint density at radius 3 is 2.56 bits per heavy atom. The molecule has 1 N–H and O–H groups in total. The molecule has 0 radical (unpaired) electrons. The predicted molar refractivity (Wildman–Crippen MR) is 69.3 cm³/mol. The molecule has 0 heterocycles. The van der Waals surface area contributed by atoms with Gasteiger partial charge in [0.05, 0.1) is 5.02 Å². The van der Waals surface area contributed by atoms with Gasteiger partial charge in [-0.1, -0.05) is 44.5 Å². The van der Waals surface area contributed by atoms with Crippen LogP contribution in [0.2, 0.25) is 5.02 Å². The molecule has 2 nitrogen and oxygen atoms in total. The van der Waals surface area contributed by atoms with Gasteiger partial charge < -0.3 is 10.1 Å². The second-order valence-electron chi connectivity index (χ2n) is 4.14. The van der Waals surface area contributed by atoms with Gasteiger partial charge in [0.15, 0.2) is 0 Å². The molecular weight excluding hydrogens is 222 g/mol. The van der Waals surface area contributed by atoms with E-state index in [-0.39, 0.29) is 6.10 Å². The lowest BCUT2D eigenvalue weighted by Gasteiger charge is -2.20. The van der Waals surface area contributed by atoms with E-state index >= 15 is 0 Å². The van der Waals surface area contributed by atoms with Gasteiger partial charge >= 0.3 is 0 Å². The number of halogens is 1. The largest absolute Gasteiger partial charge is 0.488 e. The van der Waals surface area contributed by atoms with Crippen molar-refractivity contribution >= 4 is 11.6 Å². The third kappa shape index (κ3) is 4.42. The van der Waals surface area contributed by atoms with Crippen LogP contribution in [-0.2, 0) is 0 Å². The number of hydrogen-bond acceptors (Lipinski definition) is 2. The van der Waals surface area contributed by atoms with Gasteiger partial charge in [-0.05, 0) is 18.6 Å². The number of para-hydroxylation sites is 1. The molecule has 1 unspecified atom stereocenters. The van der Waals surface area contributed by atoms with Gasteiger partial charge in [0.25, 0.3) is 0 Å². The predicted octanol–water partition coefficient (Wildman–Crippen LogP) is 3.50. The van der Waals surface area contributed by atoms with E-state index in [1.54, 1.807) is 0 Å². The third-order valence-electron chi connectivity index (χ3n) is 2.34. The van der Waals surface area contributed by atoms with Gasteiger partial charge in [-0.15, -0.1) is 0 Å². The van der Waals surface area contributed by atoms with E-state index in [0.29, 0.717) is 11.1 Å². The maximum atomic E-state index is 6.04. The first kappa shape index (κ1) is 13.3. The van der Waals surface area contributed by atoms with Crippen LogP contribution in [0.25, 0.3) is 0 Å². The Morgan fingerprint density at radius 2 is 2.00 bits per heavy atom. The first-order valence-corrected chi connectivity index (χ1v) is 6.15. The minimum Gasteiger partial charge on any atom is -0.488 e. The molecule has 0 fully saturated rings. The van der Waals surface area contributed by atoms with Crippen LogP contribution < -0.4 is 10.1 Å². The second-order valence-corrected chi connectivity index (χ2v) is 4.55. The van der Waals surface area contributed by atoms with Crippen LogP contribution in [0, 0.1) is 0 Å². The molecule has 0 bridgehead atoms. The molecule has 0 aromatic heterocycles. The van der Waals surface area contributed by atoms with Crippen LogP contribution in [0.5, 0.6) is 5.75 Å². The molecular formula is C13H20ClNO. The van der Waals surface area contributed by atoms with Crippen molar-refractivity contribution in [1.82, 2.24) is 5.32 Å². The Morgan fingerprint density at radius 1 is 1.31 bits per heavy atom. The van der Waals surface area contributed by atoms with Gasteiger partial charge in [-0.3, -0.25) is 0 Å². The molecule has 3 heteroatoms. The molecule has 90 valence electrons. The Kier molecular flexibility index (Phi) is 5.64. The molecule has 0 aliphatic carbocycles. The van der Waals surface area contributed by atoms with Crippen molar-refractivity contribution < 1.29 is 4.74 Å². The molecule has 0 saturated carbocycles. The van der Waals surface area contributed by atoms with Crippen molar-refractivity contribution in [2.24, 2.45) is 0 Å². The van der Waals surface area contributed by atoms with E-state index in [2.05, 4.69) is 26.1 Å². The van der Waals surface area contributed by atoms with Crippen LogP contribution in [0.15, 0.2) is 24.3 Å². The molecule has 1 aromatic carbocycles. The lowest BCUT2D eigenvalue weighted by molar-refractivity contribution is 0.190. The van der Waals surface area contributed by atoms with E-state index in [0.717, 1.165) is 18.7 Å². The van der Waals surface area contributed by atoms with Crippen molar-refractivity contribution in [3.8, 4) is 5.75 Å². The number of nitrogens with one attached hydrogen (secondary N) is 1. The lowest BCUT2D eigenvalue weighted by atomic mass is 10.2. The first-order valence-electron chi connectivity index (χ1n) is 5.78. The van der Waals surface area contributed by atoms with Crippen molar-refractivity contribution in [3.63, 3.8) is 0 Å². The zero-order valence-corrected chi connectivity index (χ0v) is 10.9. The summed E-state index contributed by atoms with van der Waals surface area (Å²) in [6, 6.07) is 8.07. The smallest absolute Gasteiger partial charge is 0.138 e. The summed E-state index contributed by atoms with van der Waals surface area (Å²) in [5, 5.41) is 4.04. The molecule has 0 spiro atoms. The fraction of sp³-hybridized carbons (Fsp3) is 0.538. The minimum atomic E-state index is 0.169. The molecule has 0 saturated heterocycles. The summed E-state index contributed by atoms with van der Waals surface area (Å²) in [6.07, 6.45) is 1.13. The van der Waals surface area contributed by atoms with Crippen molar-refractivity contribution in [2.45, 2.75) is 39.3 Å². The summed E-state index contributed by atoms with van der Waals surface area (Å²) >= 11 is 6.04. The summed E-state index contributed by atoms with van der Waals surface area (Å²) in [7, 11) is 0. The van der Waals surface area contributed by atoms with E-state index < -0.39 is 0 Å². The monoisotopic (exact) mass is 241 g/mol. The van der Waals surface area contributed by atoms with E-state index in [1.807, 2.05) is 24.3 Å². The van der Waals surface area contributed by atoms with Gasteiger partial charge in [0.2, 0.25) is 0 Å². The van der Waals surface area contributed by atoms with Crippen LogP contribution in [0.1, 0.15) is 27.2 Å². The summed E-state index contributed by atoms with van der Waals surface area (Å²) in [6.45, 7) is 7.22. The summed E-state index contributed by atoms with van der Waals surface area (Å²) in [5.41, 5.74) is 0. The van der Waals surface area contributed by atoms with Crippen LogP contribution in [0.4, 0.5) is 0 Å². The first-order chi connectivity index (χ1) is 7.63. The number of rotatable bonds is 6. The maximum absolute atomic E-state index is 6.04. The highest BCUT2D eigenvalue weighted by Gasteiger charge is 2.10. The van der Waals surface area contributed by atoms with Gasteiger partial charge in [0, 0.05) is 12.6 Å². The van der Waals surface area contributed by atoms with Gasteiger partial charge in [-0.2, -0.15) is 0 Å². The number of ether oxygens (including phenoxy) is 1. The highest BCUT2D eigenvalue weighted by molar-refractivity contribution is 6.32. The Hall–Kier alpha value is -0.730. The summed E-state index contributed by atoms with van der Waals surface area (Å²) < 4.78 is 5.85. The normalized spacial score (nSPS) is 12.8. The Balaban J connectivity index is 2.53. The van der Waals surface area contributed by atoms with Crippen molar-refractivity contribution in [2.75, 3.05) is 6.54 Å². The average Bonchev–Trinajstić information content (AvgIpc) is 2.26. The Labute approximate surface area is 103 Å². The van der Waals surface area contributed by atoms with Gasteiger partial charge in [-0.25, -0.2) is 0 Å². The molecule has 0 amide bonds. The van der Waals surface area contributed by atoms with Crippen LogP contribution in [-0.4, -0.2) is 18.7 Å². The second kappa shape index (κ2) is 6.77.